The number of nitrogens with one attached hydrogen (secondary N) is 1. The van der Waals surface area contributed by atoms with E-state index >= 15 is 0 Å². The third-order valence-electron chi connectivity index (χ3n) is 7.95. The molecular weight excluding hydrogens is 508 g/mol. The molecule has 5 heterocycles. The number of fused-ring (bicyclic) bond motifs is 1. The molecule has 1 atom stereocenters. The van der Waals surface area contributed by atoms with Gasteiger partial charge >= 0.3 is 0 Å². The molecule has 206 valence electrons. The Morgan fingerprint density at radius 1 is 1.15 bits per heavy atom. The van der Waals surface area contributed by atoms with Crippen LogP contribution in [0.2, 0.25) is 0 Å². The van der Waals surface area contributed by atoms with E-state index in [-0.39, 0.29) is 17.5 Å². The fourth-order valence-electron chi connectivity index (χ4n) is 5.10. The molecule has 10 heteroatoms. The van der Waals surface area contributed by atoms with Gasteiger partial charge < -0.3 is 15.1 Å². The molecule has 4 aromatic heterocycles. The van der Waals surface area contributed by atoms with E-state index in [1.54, 1.807) is 22.0 Å². The Kier molecular flexibility index (Phi) is 7.70. The van der Waals surface area contributed by atoms with E-state index in [9.17, 15) is 4.79 Å². The number of amides is 1. The monoisotopic (exact) mass is 546 g/mol. The zero-order valence-corrected chi connectivity index (χ0v) is 24.5. The maximum absolute atomic E-state index is 13.4. The van der Waals surface area contributed by atoms with Crippen molar-refractivity contribution in [2.45, 2.75) is 39.3 Å². The summed E-state index contributed by atoms with van der Waals surface area (Å²) in [7, 11) is 4.21. The maximum atomic E-state index is 13.4. The van der Waals surface area contributed by atoms with Gasteiger partial charge in [0, 0.05) is 37.4 Å². The molecular formula is C29H38N8OS. The highest BCUT2D eigenvalue weighted by molar-refractivity contribution is 7.13. The molecule has 4 aromatic rings. The lowest BCUT2D eigenvalue weighted by molar-refractivity contribution is 0.0938. The first-order valence-corrected chi connectivity index (χ1v) is 14.5. The van der Waals surface area contributed by atoms with Gasteiger partial charge in [0.05, 0.1) is 33.6 Å². The second-order valence-electron chi connectivity index (χ2n) is 10.7. The minimum Gasteiger partial charge on any atom is -0.353 e. The summed E-state index contributed by atoms with van der Waals surface area (Å²) in [6.07, 6.45) is 3.71. The third-order valence-corrected chi connectivity index (χ3v) is 8.85. The molecule has 9 nitrogen and oxygen atoms in total. The second-order valence-corrected chi connectivity index (χ2v) is 11.7. The number of rotatable bonds is 10. The van der Waals surface area contributed by atoms with Gasteiger partial charge in [-0.05, 0) is 70.7 Å². The Labute approximate surface area is 234 Å². The Bertz CT molecular complexity index is 1440. The predicted molar refractivity (Wildman–Crippen MR) is 159 cm³/mol. The number of carbonyl (C=O) groups is 1. The molecule has 1 amide bonds. The summed E-state index contributed by atoms with van der Waals surface area (Å²) in [6, 6.07) is 10.1. The summed E-state index contributed by atoms with van der Waals surface area (Å²) < 4.78 is 1.76. The van der Waals surface area contributed by atoms with Crippen LogP contribution in [0.15, 0.2) is 48.1 Å². The van der Waals surface area contributed by atoms with E-state index in [0.29, 0.717) is 23.4 Å². The first-order chi connectivity index (χ1) is 18.7. The lowest BCUT2D eigenvalue weighted by Gasteiger charge is -2.52. The van der Waals surface area contributed by atoms with Crippen LogP contribution in [0.5, 0.6) is 0 Å². The molecule has 1 saturated heterocycles. The van der Waals surface area contributed by atoms with Crippen LogP contribution in [0.4, 0.5) is 5.82 Å². The van der Waals surface area contributed by atoms with Gasteiger partial charge in [0.15, 0.2) is 5.65 Å². The van der Waals surface area contributed by atoms with Crippen molar-refractivity contribution in [2.24, 2.45) is 0 Å². The van der Waals surface area contributed by atoms with Crippen molar-refractivity contribution >= 4 is 28.7 Å². The van der Waals surface area contributed by atoms with Crippen LogP contribution in [0, 0.1) is 0 Å². The normalized spacial score (nSPS) is 15.6. The number of carbonyl (C=O) groups excluding carboxylic acids is 1. The molecule has 1 aliphatic rings. The fraction of sp³-hybridized carbons (Fsp3) is 0.448. The Hall–Kier alpha value is -3.34. The predicted octanol–water partition coefficient (Wildman–Crippen LogP) is 4.12. The highest BCUT2D eigenvalue weighted by Gasteiger charge is 2.41. The molecule has 0 radical (unpaired) electrons. The second kappa shape index (κ2) is 11.0. The molecule has 5 rings (SSSR count). The van der Waals surface area contributed by atoms with Gasteiger partial charge in [0.2, 0.25) is 0 Å². The zero-order chi connectivity index (χ0) is 27.7. The molecule has 1 N–H and O–H groups in total. The first-order valence-electron chi connectivity index (χ1n) is 13.6. The van der Waals surface area contributed by atoms with Crippen molar-refractivity contribution in [3.63, 3.8) is 0 Å². The molecule has 0 saturated carbocycles. The average Bonchev–Trinajstić information content (AvgIpc) is 3.60. The van der Waals surface area contributed by atoms with E-state index in [2.05, 4.69) is 73.0 Å². The number of anilines is 1. The van der Waals surface area contributed by atoms with Crippen molar-refractivity contribution in [1.82, 2.24) is 34.7 Å². The van der Waals surface area contributed by atoms with Crippen molar-refractivity contribution in [3.05, 3.63) is 53.7 Å². The maximum Gasteiger partial charge on any atom is 0.251 e. The minimum absolute atomic E-state index is 0.0703. The van der Waals surface area contributed by atoms with Crippen LogP contribution in [-0.2, 0) is 0 Å². The lowest BCUT2D eigenvalue weighted by atomic mass is 9.90. The summed E-state index contributed by atoms with van der Waals surface area (Å²) in [4.78, 5) is 31.3. The van der Waals surface area contributed by atoms with Crippen LogP contribution < -0.4 is 10.2 Å². The highest BCUT2D eigenvalue weighted by atomic mass is 32.1. The van der Waals surface area contributed by atoms with Gasteiger partial charge in [-0.25, -0.2) is 14.5 Å². The third kappa shape index (κ3) is 5.41. The molecule has 0 spiro atoms. The molecule has 39 heavy (non-hydrogen) atoms. The van der Waals surface area contributed by atoms with E-state index in [4.69, 9.17) is 9.97 Å². The molecule has 0 bridgehead atoms. The number of hydrogen-bond donors (Lipinski definition) is 1. The summed E-state index contributed by atoms with van der Waals surface area (Å²) in [5.74, 6) is 0.695. The van der Waals surface area contributed by atoms with Crippen LogP contribution in [0.1, 0.15) is 38.1 Å². The molecule has 0 unspecified atom stereocenters. The topological polar surface area (TPSA) is 81.9 Å². The van der Waals surface area contributed by atoms with Gasteiger partial charge in [0.1, 0.15) is 5.82 Å². The smallest absolute Gasteiger partial charge is 0.251 e. The minimum atomic E-state index is -0.0986. The first kappa shape index (κ1) is 27.2. The summed E-state index contributed by atoms with van der Waals surface area (Å²) >= 11 is 1.65. The number of thiophene rings is 1. The fourth-order valence-corrected chi connectivity index (χ4v) is 5.79. The summed E-state index contributed by atoms with van der Waals surface area (Å²) in [6.45, 7) is 12.8. The van der Waals surface area contributed by atoms with Crippen molar-refractivity contribution < 1.29 is 4.79 Å². The van der Waals surface area contributed by atoms with Crippen LogP contribution in [0.3, 0.4) is 0 Å². The number of hydrogen-bond acceptors (Lipinski definition) is 8. The quantitative estimate of drug-likeness (QED) is 0.320. The van der Waals surface area contributed by atoms with Crippen LogP contribution in [-0.4, -0.2) is 93.7 Å². The van der Waals surface area contributed by atoms with Gasteiger partial charge in [-0.1, -0.05) is 19.9 Å². The van der Waals surface area contributed by atoms with Crippen LogP contribution in [0.25, 0.3) is 27.5 Å². The Balaban J connectivity index is 1.50. The van der Waals surface area contributed by atoms with Crippen molar-refractivity contribution in [3.8, 4) is 21.8 Å². The van der Waals surface area contributed by atoms with E-state index in [1.165, 1.54) is 0 Å². The van der Waals surface area contributed by atoms with E-state index in [1.807, 2.05) is 35.8 Å². The standard InChI is InChI=1S/C29H38N8OS/c1-7-35(8-2)20(3)16-30-28(38)21-14-24(32-26(15-21)36-18-29(4,19-36)34(5)6)22-17-31-37-12-11-23(33-27(22)37)25-10-9-13-39-25/h9-15,17,20H,7-8,16,18-19H2,1-6H3,(H,30,38)/t20-/m0/s1. The molecule has 0 aromatic carbocycles. The average molecular weight is 547 g/mol. The summed E-state index contributed by atoms with van der Waals surface area (Å²) in [5.41, 5.74) is 3.77. The van der Waals surface area contributed by atoms with Gasteiger partial charge in [-0.3, -0.25) is 9.69 Å². The Morgan fingerprint density at radius 2 is 1.92 bits per heavy atom. The number of likely N-dealkylation sites (N-methyl/N-ethyl adjacent to an activating group) is 2. The van der Waals surface area contributed by atoms with Crippen LogP contribution >= 0.6 is 11.3 Å². The molecule has 1 aliphatic heterocycles. The van der Waals surface area contributed by atoms with Gasteiger partial charge in [-0.15, -0.1) is 11.3 Å². The molecule has 1 fully saturated rings. The van der Waals surface area contributed by atoms with E-state index in [0.717, 1.165) is 48.1 Å². The van der Waals surface area contributed by atoms with E-state index < -0.39 is 0 Å². The molecule has 0 aliphatic carbocycles. The lowest BCUT2D eigenvalue weighted by Crippen LogP contribution is -2.67. The Morgan fingerprint density at radius 3 is 2.59 bits per heavy atom. The number of aromatic nitrogens is 4. The van der Waals surface area contributed by atoms with Gasteiger partial charge in [-0.2, -0.15) is 5.10 Å². The van der Waals surface area contributed by atoms with Crippen molar-refractivity contribution in [1.29, 1.82) is 0 Å². The SMILES string of the molecule is CCN(CC)[C@@H](C)CNC(=O)c1cc(-c2cnn3ccc(-c4cccs4)nc23)nc(N2CC(C)(N(C)C)C2)c1. The summed E-state index contributed by atoms with van der Waals surface area (Å²) in [5, 5.41) is 9.73. The van der Waals surface area contributed by atoms with Crippen molar-refractivity contribution in [2.75, 3.05) is 51.7 Å². The van der Waals surface area contributed by atoms with Gasteiger partial charge in [0.25, 0.3) is 5.91 Å². The number of pyridine rings is 1. The highest BCUT2D eigenvalue weighted by Crippen LogP contribution is 2.33. The zero-order valence-electron chi connectivity index (χ0n) is 23.7. The number of nitrogens with zero attached hydrogens (tertiary/aromatic N) is 7. The largest absolute Gasteiger partial charge is 0.353 e.